The maximum Gasteiger partial charge on any atom is 0.314 e. The Hall–Kier alpha value is -0.730. The monoisotopic (exact) mass is 128 g/mol. The van der Waals surface area contributed by atoms with Gasteiger partial charge in [-0.25, -0.2) is 4.79 Å². The van der Waals surface area contributed by atoms with Crippen molar-refractivity contribution in [2.45, 2.75) is 19.3 Å². The molecular formula is C6H12N2O. The smallest absolute Gasteiger partial charge is 0.314 e. The van der Waals surface area contributed by atoms with Crippen LogP contribution in [0.3, 0.4) is 0 Å². The van der Waals surface area contributed by atoms with Crippen LogP contribution in [0.1, 0.15) is 19.3 Å². The Morgan fingerprint density at radius 1 is 1.00 bits per heavy atom. The average Bonchev–Trinajstić information content (AvgIpc) is 1.79. The topological polar surface area (TPSA) is 41.1 Å². The molecule has 3 heteroatoms. The molecule has 3 nitrogen and oxygen atoms in total. The van der Waals surface area contributed by atoms with Gasteiger partial charge in [-0.15, -0.1) is 0 Å². The molecule has 52 valence electrons. The van der Waals surface area contributed by atoms with Crippen LogP contribution in [0.2, 0.25) is 0 Å². The lowest BCUT2D eigenvalue weighted by Gasteiger charge is -2.10. The van der Waals surface area contributed by atoms with Gasteiger partial charge < -0.3 is 10.6 Å². The van der Waals surface area contributed by atoms with Crippen LogP contribution in [0.15, 0.2) is 0 Å². The van der Waals surface area contributed by atoms with Gasteiger partial charge in [-0.3, -0.25) is 0 Å². The first-order chi connectivity index (χ1) is 4.39. The number of hydrogen-bond acceptors (Lipinski definition) is 1. The Morgan fingerprint density at radius 2 is 1.56 bits per heavy atom. The highest BCUT2D eigenvalue weighted by molar-refractivity contribution is 5.73. The first-order valence-corrected chi connectivity index (χ1v) is 3.41. The number of urea groups is 1. The summed E-state index contributed by atoms with van der Waals surface area (Å²) < 4.78 is 0. The zero-order valence-electron chi connectivity index (χ0n) is 5.44. The highest BCUT2D eigenvalue weighted by atomic mass is 16.2. The summed E-state index contributed by atoms with van der Waals surface area (Å²) >= 11 is 0. The van der Waals surface area contributed by atoms with E-state index in [9.17, 15) is 4.79 Å². The van der Waals surface area contributed by atoms with Gasteiger partial charge in [-0.2, -0.15) is 0 Å². The predicted molar refractivity (Wildman–Crippen MR) is 35.3 cm³/mol. The molecule has 9 heavy (non-hydrogen) atoms. The van der Waals surface area contributed by atoms with E-state index in [2.05, 4.69) is 10.6 Å². The third-order valence-electron chi connectivity index (χ3n) is 1.42. The van der Waals surface area contributed by atoms with Gasteiger partial charge in [0.05, 0.1) is 0 Å². The maximum atomic E-state index is 10.6. The molecule has 0 unspecified atom stereocenters. The van der Waals surface area contributed by atoms with Crippen molar-refractivity contribution < 1.29 is 4.79 Å². The number of carbonyl (C=O) groups is 1. The Kier molecular flexibility index (Phi) is 2.36. The van der Waals surface area contributed by atoms with E-state index in [0.29, 0.717) is 0 Å². The molecule has 0 radical (unpaired) electrons. The number of hydrogen-bond donors (Lipinski definition) is 2. The Morgan fingerprint density at radius 3 is 2.11 bits per heavy atom. The van der Waals surface area contributed by atoms with Crippen LogP contribution in [0, 0.1) is 0 Å². The Balaban J connectivity index is 2.20. The van der Waals surface area contributed by atoms with Crippen molar-refractivity contribution in [2.24, 2.45) is 0 Å². The van der Waals surface area contributed by atoms with Gasteiger partial charge in [-0.1, -0.05) is 0 Å². The molecule has 1 rings (SSSR count). The van der Waals surface area contributed by atoms with E-state index in [0.717, 1.165) is 25.9 Å². The molecule has 1 heterocycles. The minimum Gasteiger partial charge on any atom is -0.338 e. The standard InChI is InChI=1S/C6H12N2O/c9-6-7-4-2-1-3-5-8-6/h1-5H2,(H2,7,8,9). The summed E-state index contributed by atoms with van der Waals surface area (Å²) in [6.07, 6.45) is 3.45. The lowest BCUT2D eigenvalue weighted by atomic mass is 10.2. The Bertz CT molecular complexity index is 93.2. The van der Waals surface area contributed by atoms with Gasteiger partial charge >= 0.3 is 6.03 Å². The zero-order chi connectivity index (χ0) is 6.53. The van der Waals surface area contributed by atoms with Crippen molar-refractivity contribution in [3.8, 4) is 0 Å². The zero-order valence-corrected chi connectivity index (χ0v) is 5.44. The van der Waals surface area contributed by atoms with E-state index in [4.69, 9.17) is 0 Å². The van der Waals surface area contributed by atoms with Crippen molar-refractivity contribution >= 4 is 6.03 Å². The van der Waals surface area contributed by atoms with Crippen LogP contribution in [0.25, 0.3) is 0 Å². The molecule has 0 aliphatic carbocycles. The van der Waals surface area contributed by atoms with Crippen LogP contribution in [0.4, 0.5) is 4.79 Å². The van der Waals surface area contributed by atoms with E-state index >= 15 is 0 Å². The third kappa shape index (κ3) is 2.35. The molecule has 1 saturated heterocycles. The van der Waals surface area contributed by atoms with E-state index in [1.165, 1.54) is 6.42 Å². The molecule has 1 aliphatic heterocycles. The molecule has 0 aromatic heterocycles. The third-order valence-corrected chi connectivity index (χ3v) is 1.42. The summed E-state index contributed by atoms with van der Waals surface area (Å²) in [5.41, 5.74) is 0. The maximum absolute atomic E-state index is 10.6. The van der Waals surface area contributed by atoms with Gasteiger partial charge in [0.25, 0.3) is 0 Å². The van der Waals surface area contributed by atoms with Gasteiger partial charge in [0.1, 0.15) is 0 Å². The van der Waals surface area contributed by atoms with Gasteiger partial charge in [0, 0.05) is 13.1 Å². The van der Waals surface area contributed by atoms with Gasteiger partial charge in [0.2, 0.25) is 0 Å². The molecule has 0 spiro atoms. The van der Waals surface area contributed by atoms with Gasteiger partial charge in [-0.05, 0) is 19.3 Å². The highest BCUT2D eigenvalue weighted by Crippen LogP contribution is 1.94. The normalized spacial score (nSPS) is 21.1. The largest absolute Gasteiger partial charge is 0.338 e. The summed E-state index contributed by atoms with van der Waals surface area (Å²) in [4.78, 5) is 10.6. The first kappa shape index (κ1) is 6.39. The van der Waals surface area contributed by atoms with Crippen molar-refractivity contribution in [3.05, 3.63) is 0 Å². The number of carbonyl (C=O) groups excluding carboxylic acids is 1. The van der Waals surface area contributed by atoms with Crippen LogP contribution < -0.4 is 10.6 Å². The first-order valence-electron chi connectivity index (χ1n) is 3.41. The van der Waals surface area contributed by atoms with E-state index in [1.807, 2.05) is 0 Å². The van der Waals surface area contributed by atoms with Crippen molar-refractivity contribution in [3.63, 3.8) is 0 Å². The number of amides is 2. The molecule has 0 atom stereocenters. The fraction of sp³-hybridized carbons (Fsp3) is 0.833. The fourth-order valence-electron chi connectivity index (χ4n) is 0.893. The molecule has 0 bridgehead atoms. The molecule has 0 aromatic rings. The minimum absolute atomic E-state index is 0.0188. The second kappa shape index (κ2) is 3.33. The summed E-state index contributed by atoms with van der Waals surface area (Å²) in [5.74, 6) is 0. The summed E-state index contributed by atoms with van der Waals surface area (Å²) in [6.45, 7) is 1.65. The molecule has 0 saturated carbocycles. The van der Waals surface area contributed by atoms with Crippen molar-refractivity contribution in [1.29, 1.82) is 0 Å². The summed E-state index contributed by atoms with van der Waals surface area (Å²) in [6, 6.07) is -0.0188. The molecular weight excluding hydrogens is 116 g/mol. The molecule has 1 fully saturated rings. The van der Waals surface area contributed by atoms with E-state index in [-0.39, 0.29) is 6.03 Å². The van der Waals surface area contributed by atoms with Crippen molar-refractivity contribution in [1.82, 2.24) is 10.6 Å². The second-order valence-electron chi connectivity index (χ2n) is 2.24. The van der Waals surface area contributed by atoms with Crippen LogP contribution >= 0.6 is 0 Å². The highest BCUT2D eigenvalue weighted by Gasteiger charge is 2.00. The molecule has 2 amide bonds. The van der Waals surface area contributed by atoms with E-state index in [1.54, 1.807) is 0 Å². The quantitative estimate of drug-likeness (QED) is 0.489. The van der Waals surface area contributed by atoms with Crippen LogP contribution in [0.5, 0.6) is 0 Å². The number of rotatable bonds is 0. The summed E-state index contributed by atoms with van der Waals surface area (Å²) in [5, 5.41) is 5.47. The van der Waals surface area contributed by atoms with Gasteiger partial charge in [0.15, 0.2) is 0 Å². The molecule has 1 aliphatic rings. The average molecular weight is 128 g/mol. The lowest BCUT2D eigenvalue weighted by Crippen LogP contribution is -2.38. The lowest BCUT2D eigenvalue weighted by molar-refractivity contribution is 0.239. The fourth-order valence-corrected chi connectivity index (χ4v) is 0.893. The number of nitrogens with one attached hydrogen (secondary N) is 2. The molecule has 2 N–H and O–H groups in total. The van der Waals surface area contributed by atoms with E-state index < -0.39 is 0 Å². The second-order valence-corrected chi connectivity index (χ2v) is 2.24. The summed E-state index contributed by atoms with van der Waals surface area (Å²) in [7, 11) is 0. The SMILES string of the molecule is O=C1NCCCCCN1. The minimum atomic E-state index is -0.0188. The van der Waals surface area contributed by atoms with Crippen molar-refractivity contribution in [2.75, 3.05) is 13.1 Å². The van der Waals surface area contributed by atoms with Crippen LogP contribution in [-0.2, 0) is 0 Å². The molecule has 0 aromatic carbocycles. The Labute approximate surface area is 54.8 Å². The van der Waals surface area contributed by atoms with Crippen LogP contribution in [-0.4, -0.2) is 19.1 Å². The predicted octanol–water partition coefficient (Wildman–Crippen LogP) is 0.470.